The molecule has 0 aliphatic heterocycles. The van der Waals surface area contributed by atoms with E-state index in [2.05, 4.69) is 5.32 Å². The smallest absolute Gasteiger partial charge is 0.326 e. The van der Waals surface area contributed by atoms with Gasteiger partial charge in [0.05, 0.1) is 11.6 Å². The number of carboxylic acids is 1. The largest absolute Gasteiger partial charge is 0.480 e. The number of nitrogens with zero attached hydrogens (tertiary/aromatic N) is 1. The van der Waals surface area contributed by atoms with E-state index in [9.17, 15) is 14.7 Å². The highest BCUT2D eigenvalue weighted by Crippen LogP contribution is 2.08. The van der Waals surface area contributed by atoms with E-state index in [0.717, 1.165) is 5.56 Å². The van der Waals surface area contributed by atoms with Crippen LogP contribution in [0.3, 0.4) is 0 Å². The van der Waals surface area contributed by atoms with Crippen molar-refractivity contribution in [1.82, 2.24) is 5.32 Å². The molecule has 2 aromatic carbocycles. The third kappa shape index (κ3) is 5.25. The second-order valence-electron chi connectivity index (χ2n) is 5.46. The van der Waals surface area contributed by atoms with Crippen molar-refractivity contribution in [3.63, 3.8) is 0 Å². The van der Waals surface area contributed by atoms with Gasteiger partial charge in [-0.3, -0.25) is 4.79 Å². The van der Waals surface area contributed by atoms with E-state index >= 15 is 0 Å². The zero-order valence-corrected chi connectivity index (χ0v) is 13.1. The van der Waals surface area contributed by atoms with Crippen LogP contribution in [-0.4, -0.2) is 23.0 Å². The number of hydrogen-bond acceptors (Lipinski definition) is 3. The van der Waals surface area contributed by atoms with Crippen molar-refractivity contribution in [2.24, 2.45) is 0 Å². The molecule has 1 amide bonds. The van der Waals surface area contributed by atoms with Crippen molar-refractivity contribution in [1.29, 1.82) is 5.26 Å². The summed E-state index contributed by atoms with van der Waals surface area (Å²) in [7, 11) is 0. The second kappa shape index (κ2) is 8.49. The molecule has 2 N–H and O–H groups in total. The molecule has 122 valence electrons. The first kappa shape index (κ1) is 17.2. The first-order chi connectivity index (χ1) is 11.6. The lowest BCUT2D eigenvalue weighted by Crippen LogP contribution is -2.42. The Labute approximate surface area is 140 Å². The van der Waals surface area contributed by atoms with Crippen LogP contribution in [0, 0.1) is 11.3 Å². The normalized spacial score (nSPS) is 11.3. The number of benzene rings is 2. The van der Waals surface area contributed by atoms with Crippen LogP contribution in [-0.2, 0) is 22.4 Å². The molecule has 0 aromatic heterocycles. The Morgan fingerprint density at radius 2 is 1.79 bits per heavy atom. The van der Waals surface area contributed by atoms with Gasteiger partial charge in [0.25, 0.3) is 0 Å². The maximum Gasteiger partial charge on any atom is 0.326 e. The first-order valence-electron chi connectivity index (χ1n) is 7.63. The zero-order valence-electron chi connectivity index (χ0n) is 13.1. The minimum absolute atomic E-state index is 0.141. The monoisotopic (exact) mass is 322 g/mol. The molecule has 0 aliphatic carbocycles. The SMILES string of the molecule is N#Cc1cccc(C[C@H](NC(=O)CCc2ccccc2)C(=O)O)c1. The fourth-order valence-electron chi connectivity index (χ4n) is 2.37. The lowest BCUT2D eigenvalue weighted by molar-refractivity contribution is -0.141. The summed E-state index contributed by atoms with van der Waals surface area (Å²) in [4.78, 5) is 23.4. The van der Waals surface area contributed by atoms with E-state index in [1.165, 1.54) is 0 Å². The average Bonchev–Trinajstić information content (AvgIpc) is 2.60. The summed E-state index contributed by atoms with van der Waals surface area (Å²) in [5.74, 6) is -1.40. The van der Waals surface area contributed by atoms with Crippen LogP contribution in [0.15, 0.2) is 54.6 Å². The highest BCUT2D eigenvalue weighted by molar-refractivity contribution is 5.83. The van der Waals surface area contributed by atoms with Crippen molar-refractivity contribution in [2.75, 3.05) is 0 Å². The summed E-state index contributed by atoms with van der Waals surface area (Å²) < 4.78 is 0. The summed E-state index contributed by atoms with van der Waals surface area (Å²) in [6, 6.07) is 17.3. The first-order valence-corrected chi connectivity index (χ1v) is 7.63. The molecule has 5 nitrogen and oxygen atoms in total. The third-order valence-electron chi connectivity index (χ3n) is 3.61. The molecule has 0 aliphatic rings. The fraction of sp³-hybridized carbons (Fsp3) is 0.211. The van der Waals surface area contributed by atoms with Crippen molar-refractivity contribution in [2.45, 2.75) is 25.3 Å². The maximum atomic E-state index is 12.0. The van der Waals surface area contributed by atoms with Gasteiger partial charge in [-0.25, -0.2) is 4.79 Å². The van der Waals surface area contributed by atoms with Gasteiger partial charge in [-0.2, -0.15) is 5.26 Å². The predicted molar refractivity (Wildman–Crippen MR) is 89.2 cm³/mol. The number of amides is 1. The van der Waals surface area contributed by atoms with Crippen LogP contribution in [0.1, 0.15) is 23.1 Å². The molecular weight excluding hydrogens is 304 g/mol. The van der Waals surface area contributed by atoms with E-state index in [-0.39, 0.29) is 18.7 Å². The number of nitriles is 1. The molecule has 0 heterocycles. The number of hydrogen-bond donors (Lipinski definition) is 2. The Morgan fingerprint density at radius 1 is 1.08 bits per heavy atom. The lowest BCUT2D eigenvalue weighted by Gasteiger charge is -2.15. The zero-order chi connectivity index (χ0) is 17.4. The van der Waals surface area contributed by atoms with E-state index < -0.39 is 12.0 Å². The summed E-state index contributed by atoms with van der Waals surface area (Å²) in [6.07, 6.45) is 0.927. The highest BCUT2D eigenvalue weighted by Gasteiger charge is 2.20. The molecule has 0 saturated carbocycles. The number of aliphatic carboxylic acids is 1. The van der Waals surface area contributed by atoms with Crippen LogP contribution in [0.25, 0.3) is 0 Å². The van der Waals surface area contributed by atoms with Crippen molar-refractivity contribution < 1.29 is 14.7 Å². The quantitative estimate of drug-likeness (QED) is 0.818. The van der Waals surface area contributed by atoms with E-state index in [0.29, 0.717) is 17.5 Å². The van der Waals surface area contributed by atoms with Crippen LogP contribution < -0.4 is 5.32 Å². The van der Waals surface area contributed by atoms with Gasteiger partial charge in [0.1, 0.15) is 6.04 Å². The average molecular weight is 322 g/mol. The van der Waals surface area contributed by atoms with Gasteiger partial charge < -0.3 is 10.4 Å². The van der Waals surface area contributed by atoms with Crippen LogP contribution >= 0.6 is 0 Å². The number of nitrogens with one attached hydrogen (secondary N) is 1. The Kier molecular flexibility index (Phi) is 6.09. The summed E-state index contributed by atoms with van der Waals surface area (Å²) >= 11 is 0. The van der Waals surface area contributed by atoms with Gasteiger partial charge in [-0.15, -0.1) is 0 Å². The molecular formula is C19H18N2O3. The van der Waals surface area contributed by atoms with Crippen molar-refractivity contribution >= 4 is 11.9 Å². The molecule has 2 rings (SSSR count). The van der Waals surface area contributed by atoms with Crippen molar-refractivity contribution in [3.05, 3.63) is 71.3 Å². The summed E-state index contributed by atoms with van der Waals surface area (Å²) in [5, 5.41) is 20.8. The molecule has 0 bridgehead atoms. The van der Waals surface area contributed by atoms with Gasteiger partial charge in [0.2, 0.25) is 5.91 Å². The highest BCUT2D eigenvalue weighted by atomic mass is 16.4. The van der Waals surface area contributed by atoms with Crippen molar-refractivity contribution in [3.8, 4) is 6.07 Å². The summed E-state index contributed by atoms with van der Waals surface area (Å²) in [5.41, 5.74) is 2.19. The number of carbonyl (C=O) groups is 2. The van der Waals surface area contributed by atoms with Gasteiger partial charge in [0.15, 0.2) is 0 Å². The van der Waals surface area contributed by atoms with Gasteiger partial charge in [-0.05, 0) is 29.7 Å². The summed E-state index contributed by atoms with van der Waals surface area (Å²) in [6.45, 7) is 0. The molecule has 0 unspecified atom stereocenters. The topological polar surface area (TPSA) is 90.2 Å². The van der Waals surface area contributed by atoms with Gasteiger partial charge >= 0.3 is 5.97 Å². The molecule has 1 atom stereocenters. The number of carbonyl (C=O) groups excluding carboxylic acids is 1. The Morgan fingerprint density at radius 3 is 2.46 bits per heavy atom. The van der Waals surface area contributed by atoms with Gasteiger partial charge in [-0.1, -0.05) is 42.5 Å². The Bertz CT molecular complexity index is 751. The molecule has 5 heteroatoms. The Balaban J connectivity index is 1.94. The standard InChI is InChI=1S/C19H18N2O3/c20-13-16-8-4-7-15(11-16)12-17(19(23)24)21-18(22)10-9-14-5-2-1-3-6-14/h1-8,11,17H,9-10,12H2,(H,21,22)(H,23,24)/t17-/m0/s1. The lowest BCUT2D eigenvalue weighted by atomic mass is 10.0. The van der Waals surface area contributed by atoms with Crippen LogP contribution in [0.5, 0.6) is 0 Å². The minimum atomic E-state index is -1.09. The minimum Gasteiger partial charge on any atom is -0.480 e. The molecule has 24 heavy (non-hydrogen) atoms. The molecule has 2 aromatic rings. The number of carboxylic acid groups (broad SMARTS) is 1. The molecule has 0 saturated heterocycles. The number of aryl methyl sites for hydroxylation is 1. The molecule has 0 fully saturated rings. The predicted octanol–water partition coefficient (Wildman–Crippen LogP) is 2.30. The fourth-order valence-corrected chi connectivity index (χ4v) is 2.37. The van der Waals surface area contributed by atoms with Gasteiger partial charge in [0, 0.05) is 12.8 Å². The van der Waals surface area contributed by atoms with E-state index in [1.807, 2.05) is 36.4 Å². The number of rotatable bonds is 7. The van der Waals surface area contributed by atoms with E-state index in [1.54, 1.807) is 24.3 Å². The van der Waals surface area contributed by atoms with Crippen LogP contribution in [0.4, 0.5) is 0 Å². The van der Waals surface area contributed by atoms with Crippen LogP contribution in [0.2, 0.25) is 0 Å². The molecule has 0 radical (unpaired) electrons. The third-order valence-corrected chi connectivity index (χ3v) is 3.61. The maximum absolute atomic E-state index is 12.0. The molecule has 0 spiro atoms. The second-order valence-corrected chi connectivity index (χ2v) is 5.46. The van der Waals surface area contributed by atoms with E-state index in [4.69, 9.17) is 5.26 Å². The Hall–Kier alpha value is -3.13.